The Labute approximate surface area is 131 Å². The van der Waals surface area contributed by atoms with E-state index < -0.39 is 0 Å². The largest absolute Gasteiger partial charge is 0.370 e. The highest BCUT2D eigenvalue weighted by molar-refractivity contribution is 9.10. The van der Waals surface area contributed by atoms with Gasteiger partial charge in [-0.15, -0.1) is 11.3 Å². The monoisotopic (exact) mass is 349 g/mol. The Hall–Kier alpha value is -1.33. The van der Waals surface area contributed by atoms with Gasteiger partial charge in [0.2, 0.25) is 0 Å². The summed E-state index contributed by atoms with van der Waals surface area (Å²) in [4.78, 5) is 7.91. The maximum absolute atomic E-state index is 6.07. The van der Waals surface area contributed by atoms with E-state index in [2.05, 4.69) is 68.5 Å². The van der Waals surface area contributed by atoms with E-state index in [1.807, 2.05) is 0 Å². The van der Waals surface area contributed by atoms with Crippen molar-refractivity contribution in [3.8, 4) is 0 Å². The highest BCUT2D eigenvalue weighted by Crippen LogP contribution is 2.33. The van der Waals surface area contributed by atoms with E-state index in [4.69, 9.17) is 5.73 Å². The number of aliphatic imine (C=N–C) groups is 1. The Morgan fingerprint density at radius 3 is 3.00 bits per heavy atom. The number of nitrogens with two attached hydrogens (primary N) is 1. The first-order valence-electron chi connectivity index (χ1n) is 6.50. The quantitative estimate of drug-likeness (QED) is 0.917. The van der Waals surface area contributed by atoms with Gasteiger partial charge in [-0.25, -0.2) is 0 Å². The van der Waals surface area contributed by atoms with Gasteiger partial charge in [0, 0.05) is 9.35 Å². The molecule has 1 aromatic heterocycles. The average molecular weight is 350 g/mol. The number of hydrogen-bond acceptors (Lipinski definition) is 4. The summed E-state index contributed by atoms with van der Waals surface area (Å²) in [7, 11) is 0. The molecule has 3 rings (SSSR count). The van der Waals surface area contributed by atoms with E-state index in [0.717, 1.165) is 17.6 Å². The molecule has 1 atom stereocenters. The van der Waals surface area contributed by atoms with Crippen molar-refractivity contribution < 1.29 is 0 Å². The van der Waals surface area contributed by atoms with Crippen LogP contribution in [0.3, 0.4) is 0 Å². The molecule has 0 fully saturated rings. The van der Waals surface area contributed by atoms with Crippen molar-refractivity contribution in [2.45, 2.75) is 19.5 Å². The van der Waals surface area contributed by atoms with Crippen LogP contribution in [0.4, 0.5) is 0 Å². The Morgan fingerprint density at radius 2 is 2.30 bits per heavy atom. The van der Waals surface area contributed by atoms with Gasteiger partial charge in [-0.3, -0.25) is 4.99 Å². The van der Waals surface area contributed by atoms with Gasteiger partial charge in [0.15, 0.2) is 5.96 Å². The van der Waals surface area contributed by atoms with Crippen molar-refractivity contribution in [3.63, 3.8) is 0 Å². The second-order valence-corrected chi connectivity index (χ2v) is 6.83. The average Bonchev–Trinajstić information content (AvgIpc) is 3.03. The summed E-state index contributed by atoms with van der Waals surface area (Å²) in [5.41, 5.74) is 8.56. The number of thiophene rings is 1. The summed E-state index contributed by atoms with van der Waals surface area (Å²) in [6, 6.07) is 10.9. The Balaban J connectivity index is 1.88. The predicted molar refractivity (Wildman–Crippen MR) is 88.0 cm³/mol. The van der Waals surface area contributed by atoms with Crippen molar-refractivity contribution in [1.29, 1.82) is 0 Å². The van der Waals surface area contributed by atoms with Crippen LogP contribution in [0.15, 0.2) is 45.2 Å². The Kier molecular flexibility index (Phi) is 3.81. The summed E-state index contributed by atoms with van der Waals surface area (Å²) in [6.07, 6.45) is 0. The summed E-state index contributed by atoms with van der Waals surface area (Å²) in [5, 5.41) is 2.09. The van der Waals surface area contributed by atoms with Gasteiger partial charge in [-0.05, 0) is 35.6 Å². The molecule has 1 aliphatic rings. The number of guanidine groups is 1. The van der Waals surface area contributed by atoms with E-state index in [0.29, 0.717) is 5.96 Å². The molecule has 2 aromatic rings. The minimum Gasteiger partial charge on any atom is -0.370 e. The molecule has 1 aromatic carbocycles. The molecule has 1 unspecified atom stereocenters. The highest BCUT2D eigenvalue weighted by Gasteiger charge is 2.29. The van der Waals surface area contributed by atoms with Gasteiger partial charge in [-0.1, -0.05) is 34.1 Å². The van der Waals surface area contributed by atoms with Crippen molar-refractivity contribution in [3.05, 3.63) is 56.2 Å². The predicted octanol–water partition coefficient (Wildman–Crippen LogP) is 3.69. The number of aryl methyl sites for hydroxylation is 1. The number of hydrogen-bond donors (Lipinski definition) is 1. The van der Waals surface area contributed by atoms with Gasteiger partial charge in [0.1, 0.15) is 0 Å². The third-order valence-corrected chi connectivity index (χ3v) is 5.07. The topological polar surface area (TPSA) is 41.6 Å². The molecular weight excluding hydrogens is 334 g/mol. The molecule has 1 aliphatic heterocycles. The SMILES string of the molecule is Cc1ccc(C2CN=C(N)N2Cc2cccs2)c(Br)c1. The molecule has 104 valence electrons. The van der Waals surface area contributed by atoms with Crippen LogP contribution in [0, 0.1) is 6.92 Å². The van der Waals surface area contributed by atoms with E-state index in [-0.39, 0.29) is 6.04 Å². The van der Waals surface area contributed by atoms with E-state index in [1.54, 1.807) is 11.3 Å². The van der Waals surface area contributed by atoms with E-state index >= 15 is 0 Å². The first-order chi connectivity index (χ1) is 9.65. The molecule has 0 saturated heterocycles. The van der Waals surface area contributed by atoms with Gasteiger partial charge in [0.05, 0.1) is 19.1 Å². The standard InChI is InChI=1S/C15H16BrN3S/c1-10-4-5-12(13(16)7-10)14-8-18-15(17)19(14)9-11-3-2-6-20-11/h2-7,14H,8-9H2,1H3,(H2,17,18). The Morgan fingerprint density at radius 1 is 1.45 bits per heavy atom. The van der Waals surface area contributed by atoms with Crippen molar-refractivity contribution in [2.24, 2.45) is 10.7 Å². The fourth-order valence-corrected chi connectivity index (χ4v) is 3.92. The van der Waals surface area contributed by atoms with Crippen LogP contribution in [0.2, 0.25) is 0 Å². The first kappa shape index (κ1) is 13.6. The highest BCUT2D eigenvalue weighted by atomic mass is 79.9. The van der Waals surface area contributed by atoms with Crippen molar-refractivity contribution in [2.75, 3.05) is 6.54 Å². The molecule has 0 aliphatic carbocycles. The molecule has 0 amide bonds. The molecular formula is C15H16BrN3S. The maximum Gasteiger partial charge on any atom is 0.192 e. The normalized spacial score (nSPS) is 18.4. The lowest BCUT2D eigenvalue weighted by Gasteiger charge is -2.27. The third-order valence-electron chi connectivity index (χ3n) is 3.52. The van der Waals surface area contributed by atoms with Crippen LogP contribution >= 0.6 is 27.3 Å². The zero-order chi connectivity index (χ0) is 14.1. The van der Waals surface area contributed by atoms with Crippen LogP contribution in [-0.2, 0) is 6.54 Å². The molecule has 3 nitrogen and oxygen atoms in total. The molecule has 5 heteroatoms. The Bertz CT molecular complexity index is 637. The lowest BCUT2D eigenvalue weighted by Crippen LogP contribution is -2.35. The number of halogens is 1. The van der Waals surface area contributed by atoms with E-state index in [1.165, 1.54) is 16.0 Å². The molecule has 2 heterocycles. The van der Waals surface area contributed by atoms with Crippen LogP contribution < -0.4 is 5.73 Å². The number of benzene rings is 1. The van der Waals surface area contributed by atoms with Crippen molar-refractivity contribution >= 4 is 33.2 Å². The molecule has 0 radical (unpaired) electrons. The van der Waals surface area contributed by atoms with Gasteiger partial charge >= 0.3 is 0 Å². The van der Waals surface area contributed by atoms with Gasteiger partial charge in [0.25, 0.3) is 0 Å². The van der Waals surface area contributed by atoms with Gasteiger partial charge in [-0.2, -0.15) is 0 Å². The van der Waals surface area contributed by atoms with Crippen LogP contribution in [0.5, 0.6) is 0 Å². The first-order valence-corrected chi connectivity index (χ1v) is 8.17. The fraction of sp³-hybridized carbons (Fsp3) is 0.267. The molecule has 20 heavy (non-hydrogen) atoms. The molecule has 0 saturated carbocycles. The van der Waals surface area contributed by atoms with Crippen molar-refractivity contribution in [1.82, 2.24) is 4.90 Å². The zero-order valence-electron chi connectivity index (χ0n) is 11.2. The molecule has 2 N–H and O–H groups in total. The minimum atomic E-state index is 0.215. The zero-order valence-corrected chi connectivity index (χ0v) is 13.6. The van der Waals surface area contributed by atoms with Crippen LogP contribution in [0.1, 0.15) is 22.0 Å². The van der Waals surface area contributed by atoms with Gasteiger partial charge < -0.3 is 10.6 Å². The second-order valence-electron chi connectivity index (χ2n) is 4.95. The summed E-state index contributed by atoms with van der Waals surface area (Å²) in [5.74, 6) is 0.635. The lowest BCUT2D eigenvalue weighted by atomic mass is 10.0. The molecule has 0 bridgehead atoms. The minimum absolute atomic E-state index is 0.215. The van der Waals surface area contributed by atoms with Crippen LogP contribution in [0.25, 0.3) is 0 Å². The summed E-state index contributed by atoms with van der Waals surface area (Å²) >= 11 is 5.42. The molecule has 0 spiro atoms. The van der Waals surface area contributed by atoms with Crippen LogP contribution in [-0.4, -0.2) is 17.4 Å². The summed E-state index contributed by atoms with van der Waals surface area (Å²) in [6.45, 7) is 3.63. The third kappa shape index (κ3) is 2.60. The summed E-state index contributed by atoms with van der Waals surface area (Å²) < 4.78 is 1.13. The smallest absolute Gasteiger partial charge is 0.192 e. The second kappa shape index (κ2) is 5.58. The maximum atomic E-state index is 6.07. The lowest BCUT2D eigenvalue weighted by molar-refractivity contribution is 0.342. The number of rotatable bonds is 3. The number of nitrogens with zero attached hydrogens (tertiary/aromatic N) is 2. The fourth-order valence-electron chi connectivity index (χ4n) is 2.46. The van der Waals surface area contributed by atoms with E-state index in [9.17, 15) is 0 Å².